The van der Waals surface area contributed by atoms with Gasteiger partial charge in [-0.2, -0.15) is 0 Å². The summed E-state index contributed by atoms with van der Waals surface area (Å²) in [6.07, 6.45) is 1.11. The molecule has 18 heavy (non-hydrogen) atoms. The van der Waals surface area contributed by atoms with Crippen molar-refractivity contribution in [2.24, 2.45) is 5.73 Å². The van der Waals surface area contributed by atoms with Gasteiger partial charge in [0, 0.05) is 12.6 Å². The summed E-state index contributed by atoms with van der Waals surface area (Å²) < 4.78 is 0. The fourth-order valence-electron chi connectivity index (χ4n) is 1.87. The summed E-state index contributed by atoms with van der Waals surface area (Å²) in [5.41, 5.74) is 5.43. The number of nitrogens with zero attached hydrogens (tertiary/aromatic N) is 2. The second-order valence-electron chi connectivity index (χ2n) is 5.33. The molecular weight excluding hydrogens is 228 g/mol. The van der Waals surface area contributed by atoms with E-state index in [9.17, 15) is 4.79 Å². The predicted molar refractivity (Wildman–Crippen MR) is 76.5 cm³/mol. The summed E-state index contributed by atoms with van der Waals surface area (Å²) in [6.45, 7) is 9.86. The van der Waals surface area contributed by atoms with E-state index in [4.69, 9.17) is 5.73 Å². The Morgan fingerprint density at radius 3 is 2.28 bits per heavy atom. The second-order valence-corrected chi connectivity index (χ2v) is 5.33. The van der Waals surface area contributed by atoms with Crippen molar-refractivity contribution in [1.29, 1.82) is 0 Å². The van der Waals surface area contributed by atoms with Crippen LogP contribution < -0.4 is 11.1 Å². The van der Waals surface area contributed by atoms with Gasteiger partial charge in [-0.25, -0.2) is 0 Å². The van der Waals surface area contributed by atoms with Crippen LogP contribution in [-0.4, -0.2) is 68.1 Å². The molecule has 0 rings (SSSR count). The number of nitrogens with one attached hydrogen (secondary N) is 1. The molecule has 0 saturated heterocycles. The van der Waals surface area contributed by atoms with Crippen molar-refractivity contribution in [3.05, 3.63) is 0 Å². The average Bonchev–Trinajstić information content (AvgIpc) is 2.25. The molecule has 0 aliphatic rings. The third kappa shape index (κ3) is 8.44. The van der Waals surface area contributed by atoms with E-state index in [1.54, 1.807) is 0 Å². The van der Waals surface area contributed by atoms with Gasteiger partial charge in [-0.05, 0) is 40.2 Å². The molecule has 5 heteroatoms. The first-order chi connectivity index (χ1) is 8.36. The van der Waals surface area contributed by atoms with E-state index < -0.39 is 0 Å². The average molecular weight is 258 g/mol. The van der Waals surface area contributed by atoms with E-state index in [-0.39, 0.29) is 18.0 Å². The molecule has 1 unspecified atom stereocenters. The highest BCUT2D eigenvalue weighted by molar-refractivity contribution is 5.80. The lowest BCUT2D eigenvalue weighted by molar-refractivity contribution is -0.120. The topological polar surface area (TPSA) is 61.6 Å². The first-order valence-corrected chi connectivity index (χ1v) is 6.79. The number of amides is 1. The monoisotopic (exact) mass is 258 g/mol. The first kappa shape index (κ1) is 17.4. The first-order valence-electron chi connectivity index (χ1n) is 6.79. The molecule has 0 radical (unpaired) electrons. The van der Waals surface area contributed by atoms with Crippen LogP contribution in [0.25, 0.3) is 0 Å². The summed E-state index contributed by atoms with van der Waals surface area (Å²) in [6, 6.07) is 0.00675. The number of rotatable bonds is 10. The zero-order valence-electron chi connectivity index (χ0n) is 12.6. The van der Waals surface area contributed by atoms with Crippen molar-refractivity contribution in [3.8, 4) is 0 Å². The largest absolute Gasteiger partial charge is 0.368 e. The zero-order valence-corrected chi connectivity index (χ0v) is 12.6. The molecule has 0 aromatic rings. The Kier molecular flexibility index (Phi) is 8.97. The zero-order chi connectivity index (χ0) is 14.1. The molecular formula is C13H30N4O. The number of carbonyl (C=O) groups is 1. The fraction of sp³-hybridized carbons (Fsp3) is 0.923. The van der Waals surface area contributed by atoms with E-state index in [1.807, 2.05) is 13.8 Å². The molecule has 0 spiro atoms. The van der Waals surface area contributed by atoms with Crippen LogP contribution in [0.2, 0.25) is 0 Å². The van der Waals surface area contributed by atoms with E-state index in [2.05, 4.69) is 36.1 Å². The van der Waals surface area contributed by atoms with Gasteiger partial charge in [0.05, 0.1) is 6.04 Å². The highest BCUT2D eigenvalue weighted by atomic mass is 16.1. The minimum atomic E-state index is -0.269. The van der Waals surface area contributed by atoms with Gasteiger partial charge >= 0.3 is 0 Å². The SMILES string of the molecule is CCN(CCCN(C)C)CC(NC(C)C)C(N)=O. The summed E-state index contributed by atoms with van der Waals surface area (Å²) >= 11 is 0. The van der Waals surface area contributed by atoms with Crippen LogP contribution in [0.3, 0.4) is 0 Å². The lowest BCUT2D eigenvalue weighted by Crippen LogP contribution is -2.51. The van der Waals surface area contributed by atoms with Crippen LogP contribution in [0, 0.1) is 0 Å². The van der Waals surface area contributed by atoms with E-state index >= 15 is 0 Å². The Balaban J connectivity index is 4.16. The van der Waals surface area contributed by atoms with Gasteiger partial charge < -0.3 is 20.9 Å². The summed E-state index contributed by atoms with van der Waals surface area (Å²) in [7, 11) is 4.14. The van der Waals surface area contributed by atoms with Crippen LogP contribution in [-0.2, 0) is 4.79 Å². The van der Waals surface area contributed by atoms with Crippen LogP contribution >= 0.6 is 0 Å². The van der Waals surface area contributed by atoms with Crippen molar-refractivity contribution >= 4 is 5.91 Å². The Hall–Kier alpha value is -0.650. The van der Waals surface area contributed by atoms with Crippen LogP contribution in [0.5, 0.6) is 0 Å². The summed E-state index contributed by atoms with van der Waals surface area (Å²) in [5, 5.41) is 3.22. The van der Waals surface area contributed by atoms with Crippen molar-refractivity contribution in [1.82, 2.24) is 15.1 Å². The summed E-state index contributed by atoms with van der Waals surface area (Å²) in [5.74, 6) is -0.269. The van der Waals surface area contributed by atoms with Crippen molar-refractivity contribution in [2.75, 3.05) is 40.3 Å². The number of likely N-dealkylation sites (N-methyl/N-ethyl adjacent to an activating group) is 1. The Morgan fingerprint density at radius 2 is 1.89 bits per heavy atom. The maximum atomic E-state index is 11.4. The van der Waals surface area contributed by atoms with Gasteiger partial charge in [-0.3, -0.25) is 4.79 Å². The standard InChI is InChI=1S/C13H30N4O/c1-6-17(9-7-8-16(4)5)10-12(13(14)18)15-11(2)3/h11-12,15H,6-10H2,1-5H3,(H2,14,18). The molecule has 0 saturated carbocycles. The van der Waals surface area contributed by atoms with E-state index in [1.165, 1.54) is 0 Å². The quantitative estimate of drug-likeness (QED) is 0.584. The number of primary amides is 1. The second kappa shape index (κ2) is 9.30. The Labute approximate surface area is 112 Å². The van der Waals surface area contributed by atoms with Crippen molar-refractivity contribution < 1.29 is 4.79 Å². The highest BCUT2D eigenvalue weighted by Crippen LogP contribution is 1.97. The van der Waals surface area contributed by atoms with E-state index in [0.29, 0.717) is 6.54 Å². The number of hydrogen-bond acceptors (Lipinski definition) is 4. The van der Waals surface area contributed by atoms with E-state index in [0.717, 1.165) is 26.1 Å². The molecule has 0 aromatic heterocycles. The molecule has 108 valence electrons. The fourth-order valence-corrected chi connectivity index (χ4v) is 1.87. The molecule has 0 heterocycles. The molecule has 1 atom stereocenters. The van der Waals surface area contributed by atoms with Crippen LogP contribution in [0.4, 0.5) is 0 Å². The Bertz CT molecular complexity index is 231. The smallest absolute Gasteiger partial charge is 0.235 e. The lowest BCUT2D eigenvalue weighted by Gasteiger charge is -2.27. The minimum absolute atomic E-state index is 0.260. The third-order valence-electron chi connectivity index (χ3n) is 2.85. The molecule has 0 bridgehead atoms. The van der Waals surface area contributed by atoms with Gasteiger partial charge in [0.2, 0.25) is 5.91 Å². The molecule has 0 aromatic carbocycles. The normalized spacial score (nSPS) is 13.6. The molecule has 3 N–H and O–H groups in total. The van der Waals surface area contributed by atoms with Crippen LogP contribution in [0.1, 0.15) is 27.2 Å². The maximum Gasteiger partial charge on any atom is 0.235 e. The minimum Gasteiger partial charge on any atom is -0.368 e. The molecule has 5 nitrogen and oxygen atoms in total. The van der Waals surface area contributed by atoms with Crippen molar-refractivity contribution in [3.63, 3.8) is 0 Å². The highest BCUT2D eigenvalue weighted by Gasteiger charge is 2.18. The number of nitrogens with two attached hydrogens (primary N) is 1. The number of hydrogen-bond donors (Lipinski definition) is 2. The molecule has 0 aliphatic heterocycles. The maximum absolute atomic E-state index is 11.4. The molecule has 1 amide bonds. The van der Waals surface area contributed by atoms with Crippen LogP contribution in [0.15, 0.2) is 0 Å². The summed E-state index contributed by atoms with van der Waals surface area (Å²) in [4.78, 5) is 15.8. The van der Waals surface area contributed by atoms with Crippen molar-refractivity contribution in [2.45, 2.75) is 39.3 Å². The molecule has 0 aliphatic carbocycles. The number of carbonyl (C=O) groups excluding carboxylic acids is 1. The molecule has 0 fully saturated rings. The predicted octanol–water partition coefficient (Wildman–Crippen LogP) is 0.112. The van der Waals surface area contributed by atoms with Gasteiger partial charge in [0.25, 0.3) is 0 Å². The van der Waals surface area contributed by atoms with Gasteiger partial charge in [0.1, 0.15) is 0 Å². The van der Waals surface area contributed by atoms with Gasteiger partial charge in [0.15, 0.2) is 0 Å². The van der Waals surface area contributed by atoms with Gasteiger partial charge in [-0.15, -0.1) is 0 Å². The Morgan fingerprint density at radius 1 is 1.28 bits per heavy atom. The lowest BCUT2D eigenvalue weighted by atomic mass is 10.2. The third-order valence-corrected chi connectivity index (χ3v) is 2.85. The van der Waals surface area contributed by atoms with Gasteiger partial charge in [-0.1, -0.05) is 20.8 Å².